The second kappa shape index (κ2) is 18.1. The summed E-state index contributed by atoms with van der Waals surface area (Å²) in [5, 5.41) is 2.68. The third-order valence-corrected chi connectivity index (χ3v) is 16.5. The molecular weight excluding hydrogens is 930 g/mol. The van der Waals surface area contributed by atoms with Crippen LogP contribution in [0.4, 0.5) is 24.5 Å². The minimum absolute atomic E-state index is 0.000484. The van der Waals surface area contributed by atoms with Gasteiger partial charge in [0.05, 0.1) is 30.0 Å². The number of carbonyl (C=O) groups excluding carboxylic acids is 4. The molecular formula is C50H51F3N8O8S. The van der Waals surface area contributed by atoms with Crippen LogP contribution in [0.5, 0.6) is 5.75 Å². The summed E-state index contributed by atoms with van der Waals surface area (Å²) < 4.78 is 85.8. The van der Waals surface area contributed by atoms with Gasteiger partial charge < -0.3 is 24.3 Å². The average Bonchev–Trinajstić information content (AvgIpc) is 4.07. The van der Waals surface area contributed by atoms with Crippen molar-refractivity contribution in [2.75, 3.05) is 62.1 Å². The van der Waals surface area contributed by atoms with Gasteiger partial charge in [-0.15, -0.1) is 0 Å². The number of aromatic amines is 1. The topological polar surface area (TPSA) is 187 Å². The molecule has 5 aliphatic heterocycles. The molecule has 366 valence electrons. The smallest absolute Gasteiger partial charge is 0.301 e. The van der Waals surface area contributed by atoms with Crippen molar-refractivity contribution in [3.8, 4) is 16.9 Å². The molecule has 7 heterocycles. The molecule has 16 nitrogen and oxygen atoms in total. The van der Waals surface area contributed by atoms with Crippen LogP contribution in [0.3, 0.4) is 0 Å². The molecule has 70 heavy (non-hydrogen) atoms. The Hall–Kier alpha value is -6.35. The number of aromatic nitrogens is 2. The highest BCUT2D eigenvalue weighted by atomic mass is 32.2. The van der Waals surface area contributed by atoms with Gasteiger partial charge in [0.1, 0.15) is 35.5 Å². The van der Waals surface area contributed by atoms with E-state index in [0.29, 0.717) is 60.0 Å². The van der Waals surface area contributed by atoms with E-state index in [-0.39, 0.29) is 48.4 Å². The van der Waals surface area contributed by atoms with Gasteiger partial charge >= 0.3 is 10.2 Å². The number of rotatable bonds is 12. The summed E-state index contributed by atoms with van der Waals surface area (Å²) in [4.78, 5) is 65.0. The van der Waals surface area contributed by atoms with Crippen molar-refractivity contribution in [2.45, 2.75) is 75.3 Å². The fourth-order valence-electron chi connectivity index (χ4n) is 11.1. The predicted molar refractivity (Wildman–Crippen MR) is 251 cm³/mol. The summed E-state index contributed by atoms with van der Waals surface area (Å²) >= 11 is 0. The van der Waals surface area contributed by atoms with E-state index in [0.717, 1.165) is 85.1 Å². The van der Waals surface area contributed by atoms with E-state index in [1.807, 2.05) is 29.0 Å². The number of amides is 3. The first-order valence-electron chi connectivity index (χ1n) is 23.8. The SMILES string of the molecule is O=C1CCC(N2Cc3cc(O[C@H]4C[C@@]5(COCCN5CC5CCN(c6ccc(-c7cnc8[nH]cc(C(=O)c9c(F)ccc(NS(=O)(=O)N%10CC[C@@H](F)C%10)c9F)c8c7)cc6)CC5)C4)ccc3C2=O)C(=O)N1. The normalized spacial score (nSPS) is 24.6. The number of pyridine rings is 1. The maximum atomic E-state index is 15.8. The number of carbonyl (C=O) groups is 4. The van der Waals surface area contributed by atoms with E-state index in [1.165, 1.54) is 6.20 Å². The molecule has 3 N–H and O–H groups in total. The van der Waals surface area contributed by atoms with E-state index in [1.54, 1.807) is 23.2 Å². The number of H-pyrrole nitrogens is 1. The number of ketones is 1. The molecule has 6 aliphatic rings. The van der Waals surface area contributed by atoms with Crippen molar-refractivity contribution in [3.05, 3.63) is 107 Å². The third kappa shape index (κ3) is 8.57. The second-order valence-electron chi connectivity index (χ2n) is 19.4. The fourth-order valence-corrected chi connectivity index (χ4v) is 12.4. The lowest BCUT2D eigenvalue weighted by Gasteiger charge is -2.56. The Morgan fingerprint density at radius 1 is 0.943 bits per heavy atom. The number of morpholine rings is 1. The van der Waals surface area contributed by atoms with Crippen molar-refractivity contribution < 1.29 is 50.2 Å². The number of hydrogen-bond donors (Lipinski definition) is 3. The first kappa shape index (κ1) is 46.1. The lowest BCUT2D eigenvalue weighted by Crippen LogP contribution is -2.67. The second-order valence-corrected chi connectivity index (χ2v) is 21.0. The van der Waals surface area contributed by atoms with Crippen LogP contribution in [0.15, 0.2) is 73.1 Å². The summed E-state index contributed by atoms with van der Waals surface area (Å²) in [7, 11) is -4.36. The molecule has 1 saturated carbocycles. The maximum absolute atomic E-state index is 15.8. The molecule has 5 fully saturated rings. The number of fused-ring (bicyclic) bond motifs is 2. The van der Waals surface area contributed by atoms with Gasteiger partial charge in [-0.3, -0.25) is 34.1 Å². The number of benzene rings is 3. The molecule has 20 heteroatoms. The number of anilines is 2. The summed E-state index contributed by atoms with van der Waals surface area (Å²) in [6.07, 6.45) is 5.86. The molecule has 0 radical (unpaired) electrons. The number of alkyl halides is 1. The Kier molecular flexibility index (Phi) is 11.9. The first-order chi connectivity index (χ1) is 33.7. The van der Waals surface area contributed by atoms with E-state index >= 15 is 8.78 Å². The molecule has 5 aromatic rings. The van der Waals surface area contributed by atoms with Crippen molar-refractivity contribution in [2.24, 2.45) is 5.92 Å². The van der Waals surface area contributed by atoms with Gasteiger partial charge in [0.2, 0.25) is 17.6 Å². The zero-order valence-electron chi connectivity index (χ0n) is 38.1. The van der Waals surface area contributed by atoms with E-state index in [4.69, 9.17) is 9.47 Å². The molecule has 1 unspecified atom stereocenters. The van der Waals surface area contributed by atoms with Crippen LogP contribution in [-0.2, 0) is 31.1 Å². The molecule has 0 bridgehead atoms. The van der Waals surface area contributed by atoms with Crippen molar-refractivity contribution in [1.29, 1.82) is 0 Å². The summed E-state index contributed by atoms with van der Waals surface area (Å²) in [6, 6.07) is 16.3. The maximum Gasteiger partial charge on any atom is 0.301 e. The van der Waals surface area contributed by atoms with Crippen LogP contribution in [0.25, 0.3) is 22.2 Å². The lowest BCUT2D eigenvalue weighted by molar-refractivity contribution is -0.148. The Morgan fingerprint density at radius 2 is 1.74 bits per heavy atom. The van der Waals surface area contributed by atoms with Gasteiger partial charge in [0.25, 0.3) is 5.91 Å². The first-order valence-corrected chi connectivity index (χ1v) is 25.2. The Labute approximate surface area is 401 Å². The van der Waals surface area contributed by atoms with Crippen molar-refractivity contribution >= 4 is 56.1 Å². The summed E-state index contributed by atoms with van der Waals surface area (Å²) in [5.74, 6) is -3.31. The van der Waals surface area contributed by atoms with Gasteiger partial charge in [0.15, 0.2) is 5.82 Å². The van der Waals surface area contributed by atoms with Gasteiger partial charge in [0, 0.05) is 105 Å². The van der Waals surface area contributed by atoms with Gasteiger partial charge in [-0.25, -0.2) is 18.2 Å². The van der Waals surface area contributed by atoms with Gasteiger partial charge in [-0.1, -0.05) is 12.1 Å². The number of halogens is 3. The zero-order valence-corrected chi connectivity index (χ0v) is 38.9. The van der Waals surface area contributed by atoms with Crippen molar-refractivity contribution in [1.82, 2.24) is 29.4 Å². The number of piperidine rings is 2. The molecule has 4 saturated heterocycles. The quantitative estimate of drug-likeness (QED) is 0.102. The Morgan fingerprint density at radius 3 is 2.50 bits per heavy atom. The standard InChI is InChI=1S/C50H51F3N8O8S/c51-33-13-16-60(27-33)70(66,67)57-41-8-7-40(52)44(45(41)53)46(63)39-24-55-47-38(39)20-31(23-54-47)30-1-3-34(4-2-30)58-14-11-29(12-15-58)25-59-17-18-68-28-50(59)21-36(22-50)69-35-5-6-37-32(19-35)26-61(49(37)65)42-9-10-43(62)56-48(42)64/h1-8,19-20,23-24,29,33,36,42,57H,9-18,21-22,25-28H2,(H,54,55)(H,56,62,64)/t33-,36-,42?,50-/m1/s1. The van der Waals surface area contributed by atoms with Gasteiger partial charge in [-0.2, -0.15) is 12.7 Å². The Balaban J connectivity index is 0.694. The fraction of sp³-hybridized carbons (Fsp3) is 0.420. The Bertz CT molecular complexity index is 3030. The van der Waals surface area contributed by atoms with E-state index in [2.05, 4.69) is 37.2 Å². The number of imide groups is 1. The third-order valence-electron chi connectivity index (χ3n) is 15.0. The highest BCUT2D eigenvalue weighted by Crippen LogP contribution is 2.44. The van der Waals surface area contributed by atoms with Crippen LogP contribution in [0.1, 0.15) is 76.8 Å². The molecule has 1 spiro atoms. The largest absolute Gasteiger partial charge is 0.490 e. The van der Waals surface area contributed by atoms with E-state index in [9.17, 15) is 32.0 Å². The summed E-state index contributed by atoms with van der Waals surface area (Å²) in [6.45, 7) is 4.77. The van der Waals surface area contributed by atoms with Crippen LogP contribution in [0.2, 0.25) is 0 Å². The molecule has 2 atom stereocenters. The molecule has 2 aromatic heterocycles. The van der Waals surface area contributed by atoms with Crippen LogP contribution < -0.4 is 19.7 Å². The van der Waals surface area contributed by atoms with Crippen LogP contribution >= 0.6 is 0 Å². The monoisotopic (exact) mass is 980 g/mol. The molecule has 11 rings (SSSR count). The van der Waals surface area contributed by atoms with Crippen LogP contribution in [-0.4, -0.2) is 132 Å². The average molecular weight is 981 g/mol. The minimum atomic E-state index is -4.36. The zero-order chi connectivity index (χ0) is 48.5. The van der Waals surface area contributed by atoms with Crippen LogP contribution in [0, 0.1) is 17.6 Å². The van der Waals surface area contributed by atoms with Gasteiger partial charge in [-0.05, 0) is 91.3 Å². The van der Waals surface area contributed by atoms with Crippen molar-refractivity contribution in [3.63, 3.8) is 0 Å². The lowest BCUT2D eigenvalue weighted by atomic mass is 9.72. The molecule has 3 aromatic carbocycles. The minimum Gasteiger partial charge on any atom is -0.490 e. The number of nitrogens with zero attached hydrogens (tertiary/aromatic N) is 5. The molecule has 3 amide bonds. The number of hydrogen-bond acceptors (Lipinski definition) is 11. The number of nitrogens with one attached hydrogen (secondary N) is 3. The highest BCUT2D eigenvalue weighted by molar-refractivity contribution is 7.90. The predicted octanol–water partition coefficient (Wildman–Crippen LogP) is 5.73. The highest BCUT2D eigenvalue weighted by Gasteiger charge is 2.52. The van der Waals surface area contributed by atoms with E-state index < -0.39 is 63.5 Å². The summed E-state index contributed by atoms with van der Waals surface area (Å²) in [5.41, 5.74) is 2.56. The number of ether oxygens (including phenoxy) is 2. The molecule has 1 aliphatic carbocycles.